The van der Waals surface area contributed by atoms with Gasteiger partial charge in [-0.15, -0.1) is 0 Å². The second kappa shape index (κ2) is 12.4. The Labute approximate surface area is 233 Å². The molecule has 0 aliphatic carbocycles. The number of nitrogens with zero attached hydrogens (tertiary/aromatic N) is 2. The largest absolute Gasteiger partial charge is 0.360 e. The van der Waals surface area contributed by atoms with Crippen LogP contribution in [0.25, 0.3) is 10.9 Å². The smallest absolute Gasteiger partial charge is 0.251 e. The zero-order chi connectivity index (χ0) is 27.9. The van der Waals surface area contributed by atoms with E-state index in [9.17, 15) is 14.4 Å². The number of aromatic amines is 1. The van der Waals surface area contributed by atoms with Crippen molar-refractivity contribution in [2.75, 3.05) is 26.2 Å². The quantitative estimate of drug-likeness (QED) is 0.250. The highest BCUT2D eigenvalue weighted by atomic mass is 16.2. The number of hydrogen-bond donors (Lipinski definition) is 3. The van der Waals surface area contributed by atoms with Crippen LogP contribution < -0.4 is 10.6 Å². The lowest BCUT2D eigenvalue weighted by molar-refractivity contribution is -0.127. The molecule has 1 atom stereocenters. The van der Waals surface area contributed by atoms with Crippen LogP contribution in [0.2, 0.25) is 0 Å². The highest BCUT2D eigenvalue weighted by molar-refractivity contribution is 6.11. The van der Waals surface area contributed by atoms with Crippen LogP contribution in [0.4, 0.5) is 0 Å². The fraction of sp³-hybridized carbons (Fsp3) is 0.250. The molecule has 0 saturated carbocycles. The molecule has 2 heterocycles. The van der Waals surface area contributed by atoms with Crippen LogP contribution in [0.3, 0.4) is 0 Å². The first-order chi connectivity index (χ1) is 19.5. The van der Waals surface area contributed by atoms with Crippen LogP contribution in [0.15, 0.2) is 79.0 Å². The van der Waals surface area contributed by atoms with E-state index in [0.29, 0.717) is 54.7 Å². The standard InChI is InChI=1S/C32H31N5O3/c33-20-23-10-8-22(9-11-23)14-15-34-30(24-5-2-1-3-6-24)31(39)27-21-36-28-19-25(12-13-26(27)28)32(40)35-16-18-37-17-4-7-29(37)38/h1-3,5-6,8-13,19,21,30,34,36H,4,7,14-18H2,(H,35,40). The highest BCUT2D eigenvalue weighted by Crippen LogP contribution is 2.26. The number of amides is 2. The Bertz CT molecular complexity index is 1550. The Morgan fingerprint density at radius 3 is 2.55 bits per heavy atom. The van der Waals surface area contributed by atoms with Gasteiger partial charge in [-0.1, -0.05) is 48.5 Å². The number of nitriles is 1. The van der Waals surface area contributed by atoms with E-state index >= 15 is 0 Å². The van der Waals surface area contributed by atoms with E-state index in [1.807, 2.05) is 42.5 Å². The summed E-state index contributed by atoms with van der Waals surface area (Å²) in [6.45, 7) is 2.22. The third-order valence-electron chi connectivity index (χ3n) is 7.29. The number of likely N-dealkylation sites (tertiary alicyclic amines) is 1. The van der Waals surface area contributed by atoms with E-state index in [1.165, 1.54) is 0 Å². The number of benzene rings is 3. The van der Waals surface area contributed by atoms with Gasteiger partial charge in [-0.05, 0) is 48.2 Å². The molecule has 1 aromatic heterocycles. The SMILES string of the molecule is N#Cc1ccc(CCNC(C(=O)c2c[nH]c3cc(C(=O)NCCN4CCCC4=O)ccc23)c2ccccc2)cc1. The van der Waals surface area contributed by atoms with E-state index in [4.69, 9.17) is 5.26 Å². The minimum Gasteiger partial charge on any atom is -0.360 e. The summed E-state index contributed by atoms with van der Waals surface area (Å²) >= 11 is 0. The van der Waals surface area contributed by atoms with Crippen molar-refractivity contribution in [3.05, 3.63) is 107 Å². The summed E-state index contributed by atoms with van der Waals surface area (Å²) in [5, 5.41) is 16.1. The molecule has 4 aromatic rings. The normalized spacial score (nSPS) is 13.8. The summed E-state index contributed by atoms with van der Waals surface area (Å²) < 4.78 is 0. The van der Waals surface area contributed by atoms with Gasteiger partial charge in [-0.25, -0.2) is 0 Å². The van der Waals surface area contributed by atoms with Gasteiger partial charge in [0.05, 0.1) is 17.7 Å². The molecule has 2 amide bonds. The van der Waals surface area contributed by atoms with Gasteiger partial charge in [0, 0.05) is 60.8 Å². The van der Waals surface area contributed by atoms with Gasteiger partial charge < -0.3 is 20.5 Å². The maximum absolute atomic E-state index is 13.8. The molecule has 202 valence electrons. The summed E-state index contributed by atoms with van der Waals surface area (Å²) in [5.41, 5.74) is 4.31. The first kappa shape index (κ1) is 26.9. The number of rotatable bonds is 11. The van der Waals surface area contributed by atoms with Crippen molar-refractivity contribution >= 4 is 28.5 Å². The van der Waals surface area contributed by atoms with Crippen LogP contribution >= 0.6 is 0 Å². The molecule has 1 aliphatic heterocycles. The Hall–Kier alpha value is -4.74. The Balaban J connectivity index is 1.27. The fourth-order valence-corrected chi connectivity index (χ4v) is 5.09. The molecule has 3 N–H and O–H groups in total. The van der Waals surface area contributed by atoms with Crippen LogP contribution in [0.1, 0.15) is 56.3 Å². The van der Waals surface area contributed by atoms with Gasteiger partial charge in [0.15, 0.2) is 5.78 Å². The van der Waals surface area contributed by atoms with Crippen molar-refractivity contribution in [2.45, 2.75) is 25.3 Å². The first-order valence-electron chi connectivity index (χ1n) is 13.5. The topological polar surface area (TPSA) is 118 Å². The number of Topliss-reactive ketones (excluding diaryl/α,β-unsaturated/α-hetero) is 1. The van der Waals surface area contributed by atoms with E-state index < -0.39 is 6.04 Å². The van der Waals surface area contributed by atoms with E-state index in [1.54, 1.807) is 41.4 Å². The predicted octanol–water partition coefficient (Wildman–Crippen LogP) is 4.15. The van der Waals surface area contributed by atoms with Gasteiger partial charge in [0.2, 0.25) is 5.91 Å². The number of hydrogen-bond acceptors (Lipinski definition) is 5. The fourth-order valence-electron chi connectivity index (χ4n) is 5.09. The molecule has 0 radical (unpaired) electrons. The predicted molar refractivity (Wildman–Crippen MR) is 153 cm³/mol. The molecule has 3 aromatic carbocycles. The summed E-state index contributed by atoms with van der Waals surface area (Å²) in [4.78, 5) is 43.3. The molecule has 1 fully saturated rings. The lowest BCUT2D eigenvalue weighted by Gasteiger charge is -2.18. The van der Waals surface area contributed by atoms with E-state index in [2.05, 4.69) is 21.7 Å². The summed E-state index contributed by atoms with van der Waals surface area (Å²) in [6, 6.07) is 23.9. The second-order valence-corrected chi connectivity index (χ2v) is 9.92. The molecular weight excluding hydrogens is 502 g/mol. The number of fused-ring (bicyclic) bond motifs is 1. The molecule has 1 saturated heterocycles. The van der Waals surface area contributed by atoms with Crippen molar-refractivity contribution in [1.82, 2.24) is 20.5 Å². The lowest BCUT2D eigenvalue weighted by Crippen LogP contribution is -2.35. The van der Waals surface area contributed by atoms with E-state index in [0.717, 1.165) is 29.5 Å². The Morgan fingerprint density at radius 2 is 1.82 bits per heavy atom. The Kier molecular flexibility index (Phi) is 8.33. The third kappa shape index (κ3) is 6.11. The minimum atomic E-state index is -0.546. The van der Waals surface area contributed by atoms with Gasteiger partial charge >= 0.3 is 0 Å². The zero-order valence-corrected chi connectivity index (χ0v) is 22.2. The maximum Gasteiger partial charge on any atom is 0.251 e. The van der Waals surface area contributed by atoms with Gasteiger partial charge in [-0.3, -0.25) is 14.4 Å². The van der Waals surface area contributed by atoms with Crippen molar-refractivity contribution in [1.29, 1.82) is 5.26 Å². The third-order valence-corrected chi connectivity index (χ3v) is 7.29. The van der Waals surface area contributed by atoms with Gasteiger partial charge in [-0.2, -0.15) is 5.26 Å². The van der Waals surface area contributed by atoms with Crippen LogP contribution in [-0.4, -0.2) is 53.7 Å². The molecule has 40 heavy (non-hydrogen) atoms. The molecule has 1 aliphatic rings. The summed E-state index contributed by atoms with van der Waals surface area (Å²) in [7, 11) is 0. The molecule has 0 spiro atoms. The zero-order valence-electron chi connectivity index (χ0n) is 22.2. The monoisotopic (exact) mass is 533 g/mol. The van der Waals surface area contributed by atoms with Crippen molar-refractivity contribution < 1.29 is 14.4 Å². The van der Waals surface area contributed by atoms with Crippen molar-refractivity contribution in [3.8, 4) is 6.07 Å². The highest BCUT2D eigenvalue weighted by Gasteiger charge is 2.24. The average Bonchev–Trinajstić information content (AvgIpc) is 3.61. The molecule has 8 nitrogen and oxygen atoms in total. The van der Waals surface area contributed by atoms with Crippen molar-refractivity contribution in [3.63, 3.8) is 0 Å². The van der Waals surface area contributed by atoms with Crippen LogP contribution in [0.5, 0.6) is 0 Å². The average molecular weight is 534 g/mol. The number of carbonyl (C=O) groups is 3. The molecule has 1 unspecified atom stereocenters. The summed E-state index contributed by atoms with van der Waals surface area (Å²) in [6.07, 6.45) is 3.86. The number of aromatic nitrogens is 1. The van der Waals surface area contributed by atoms with Crippen LogP contribution in [0, 0.1) is 11.3 Å². The molecule has 0 bridgehead atoms. The maximum atomic E-state index is 13.8. The number of nitrogens with one attached hydrogen (secondary N) is 3. The number of H-pyrrole nitrogens is 1. The number of carbonyl (C=O) groups excluding carboxylic acids is 3. The van der Waals surface area contributed by atoms with Gasteiger partial charge in [0.1, 0.15) is 0 Å². The molecule has 8 heteroatoms. The van der Waals surface area contributed by atoms with Crippen LogP contribution in [-0.2, 0) is 11.2 Å². The summed E-state index contributed by atoms with van der Waals surface area (Å²) in [5.74, 6) is -0.149. The molecular formula is C32H31N5O3. The van der Waals surface area contributed by atoms with Crippen molar-refractivity contribution in [2.24, 2.45) is 0 Å². The Morgan fingerprint density at radius 1 is 1.02 bits per heavy atom. The minimum absolute atomic E-state index is 0.0650. The lowest BCUT2D eigenvalue weighted by atomic mass is 9.96. The second-order valence-electron chi connectivity index (χ2n) is 9.92. The number of ketones is 1. The van der Waals surface area contributed by atoms with Gasteiger partial charge in [0.25, 0.3) is 5.91 Å². The molecule has 5 rings (SSSR count). The first-order valence-corrected chi connectivity index (χ1v) is 13.5. The van der Waals surface area contributed by atoms with E-state index in [-0.39, 0.29) is 17.6 Å².